The molecule has 0 aliphatic carbocycles. The molecule has 195 valence electrons. The van der Waals surface area contributed by atoms with Crippen LogP contribution in [0.5, 0.6) is 0 Å². The van der Waals surface area contributed by atoms with E-state index in [1.54, 1.807) is 0 Å². The molecule has 0 aromatic carbocycles. The number of aryl methyl sites for hydroxylation is 4. The summed E-state index contributed by atoms with van der Waals surface area (Å²) in [6.07, 6.45) is 3.86. The van der Waals surface area contributed by atoms with E-state index in [2.05, 4.69) is 89.6 Å². The maximum atomic E-state index is 5.13. The molecule has 2 aliphatic rings. The quantitative estimate of drug-likeness (QED) is 0.350. The fourth-order valence-electron chi connectivity index (χ4n) is 6.02. The third kappa shape index (κ3) is 4.42. The number of H-pyrrole nitrogens is 2. The van der Waals surface area contributed by atoms with Crippen LogP contribution in [0.3, 0.4) is 0 Å². The normalized spacial score (nSPS) is 13.4. The van der Waals surface area contributed by atoms with E-state index in [0.717, 1.165) is 70.5 Å². The first kappa shape index (κ1) is 27.1. The van der Waals surface area contributed by atoms with E-state index < -0.39 is 0 Å². The zero-order chi connectivity index (χ0) is 25.7. The van der Waals surface area contributed by atoms with Crippen molar-refractivity contribution in [3.8, 4) is 0 Å². The molecule has 3 aromatic heterocycles. The number of fused-ring (bicyclic) bond motifs is 8. The Kier molecular flexibility index (Phi) is 7.68. The second-order valence-electron chi connectivity index (χ2n) is 10.1. The topological polar surface area (TPSA) is 57.4 Å². The molecule has 2 aliphatic heterocycles. The molecule has 0 unspecified atom stereocenters. The molecule has 5 heterocycles. The van der Waals surface area contributed by atoms with Crippen molar-refractivity contribution in [1.82, 2.24) is 19.9 Å². The van der Waals surface area contributed by atoms with E-state index in [9.17, 15) is 0 Å². The summed E-state index contributed by atoms with van der Waals surface area (Å²) in [7, 11) is 0. The van der Waals surface area contributed by atoms with Gasteiger partial charge in [0.05, 0.1) is 22.8 Å². The van der Waals surface area contributed by atoms with Gasteiger partial charge in [-0.2, -0.15) is 0 Å². The van der Waals surface area contributed by atoms with Crippen molar-refractivity contribution >= 4 is 44.4 Å². The van der Waals surface area contributed by atoms with Crippen LogP contribution < -0.4 is 0 Å². The van der Waals surface area contributed by atoms with Crippen LogP contribution in [-0.2, 0) is 29.6 Å². The van der Waals surface area contributed by atoms with E-state index >= 15 is 0 Å². The van der Waals surface area contributed by atoms with Crippen molar-refractivity contribution in [2.24, 2.45) is 0 Å². The molecule has 8 bridgehead atoms. The van der Waals surface area contributed by atoms with Gasteiger partial charge in [0.2, 0.25) is 0 Å². The zero-order valence-electron chi connectivity index (χ0n) is 23.4. The molecule has 0 saturated heterocycles. The fourth-order valence-corrected chi connectivity index (χ4v) is 6.02. The van der Waals surface area contributed by atoms with Crippen LogP contribution in [0.1, 0.15) is 99.4 Å². The first-order valence-electron chi connectivity index (χ1n) is 13.4. The molecule has 4 nitrogen and oxygen atoms in total. The number of aromatic nitrogens is 4. The van der Waals surface area contributed by atoms with Gasteiger partial charge in [0.15, 0.2) is 0 Å². The summed E-state index contributed by atoms with van der Waals surface area (Å²) in [5.41, 5.74) is 19.3. The summed E-state index contributed by atoms with van der Waals surface area (Å²) in [6, 6.07) is 8.98. The smallest absolute Gasteiger partial charge is 0.0693 e. The van der Waals surface area contributed by atoms with E-state index in [1.807, 2.05) is 0 Å². The van der Waals surface area contributed by atoms with Crippen molar-refractivity contribution in [2.75, 3.05) is 0 Å². The molecular weight excluding hydrogens is 499 g/mol. The van der Waals surface area contributed by atoms with Gasteiger partial charge in [-0.15, -0.1) is 0 Å². The maximum Gasteiger partial charge on any atom is 0.0693 e. The molecule has 0 fully saturated rings. The maximum absolute atomic E-state index is 5.13. The van der Waals surface area contributed by atoms with Gasteiger partial charge in [0.1, 0.15) is 0 Å². The Morgan fingerprint density at radius 1 is 0.514 bits per heavy atom. The Morgan fingerprint density at radius 3 is 1.27 bits per heavy atom. The van der Waals surface area contributed by atoms with Crippen molar-refractivity contribution in [3.63, 3.8) is 0 Å². The minimum Gasteiger partial charge on any atom is -0.355 e. The number of hydrogen-bond acceptors (Lipinski definition) is 2. The third-order valence-corrected chi connectivity index (χ3v) is 8.21. The van der Waals surface area contributed by atoms with Gasteiger partial charge in [0.25, 0.3) is 0 Å². The van der Waals surface area contributed by atoms with Crippen molar-refractivity contribution in [2.45, 2.75) is 81.1 Å². The molecule has 1 radical (unpaired) electrons. The Balaban J connectivity index is 0.00000320. The van der Waals surface area contributed by atoms with Gasteiger partial charge >= 0.3 is 0 Å². The summed E-state index contributed by atoms with van der Waals surface area (Å²) in [5.74, 6) is 0. The Labute approximate surface area is 231 Å². The van der Waals surface area contributed by atoms with Gasteiger partial charge in [0, 0.05) is 38.8 Å². The van der Waals surface area contributed by atoms with Gasteiger partial charge in [-0.25, -0.2) is 9.97 Å². The molecule has 5 rings (SSSR count). The van der Waals surface area contributed by atoms with E-state index in [4.69, 9.17) is 9.97 Å². The minimum absolute atomic E-state index is 0. The Bertz CT molecular complexity index is 1490. The minimum atomic E-state index is 0. The Morgan fingerprint density at radius 2 is 0.919 bits per heavy atom. The second kappa shape index (κ2) is 10.5. The number of allylic oxidation sites excluding steroid dienone is 4. The second-order valence-corrected chi connectivity index (χ2v) is 10.1. The number of aromatic amines is 2. The number of hydrogen-bond donors (Lipinski definition) is 2. The van der Waals surface area contributed by atoms with Gasteiger partial charge in [-0.1, -0.05) is 27.7 Å². The molecule has 37 heavy (non-hydrogen) atoms. The SMILES string of the molecule is CCC1=C(C)c2cc3nc(cc4[nH]c(cc5[nH]c(cc1n2)c(CC)c5C)c(C)c4CC)C(CC)=C3C.[Co]. The summed E-state index contributed by atoms with van der Waals surface area (Å²) in [6.45, 7) is 17.8. The fraction of sp³-hybridized carbons (Fsp3) is 0.375. The summed E-state index contributed by atoms with van der Waals surface area (Å²) in [5, 5.41) is 0. The van der Waals surface area contributed by atoms with Gasteiger partial charge < -0.3 is 9.97 Å². The molecular formula is C32H38CoN4. The molecule has 0 spiro atoms. The summed E-state index contributed by atoms with van der Waals surface area (Å²) < 4.78 is 0. The number of nitrogens with zero attached hydrogens (tertiary/aromatic N) is 2. The average molecular weight is 538 g/mol. The van der Waals surface area contributed by atoms with Crippen molar-refractivity contribution < 1.29 is 16.8 Å². The van der Waals surface area contributed by atoms with Crippen LogP contribution in [0.4, 0.5) is 0 Å². The van der Waals surface area contributed by atoms with E-state index in [0.29, 0.717) is 0 Å². The van der Waals surface area contributed by atoms with Gasteiger partial charge in [-0.05, 0) is 122 Å². The molecule has 0 amide bonds. The third-order valence-electron chi connectivity index (χ3n) is 8.21. The number of nitrogens with one attached hydrogen (secondary N) is 2. The molecule has 0 saturated carbocycles. The van der Waals surface area contributed by atoms with Crippen LogP contribution in [0, 0.1) is 13.8 Å². The predicted octanol–water partition coefficient (Wildman–Crippen LogP) is 8.74. The van der Waals surface area contributed by atoms with E-state index in [1.165, 1.54) is 44.5 Å². The van der Waals surface area contributed by atoms with Crippen LogP contribution in [0.25, 0.3) is 44.4 Å². The summed E-state index contributed by atoms with van der Waals surface area (Å²) in [4.78, 5) is 17.7. The molecule has 3 aromatic rings. The van der Waals surface area contributed by atoms with Crippen molar-refractivity contribution in [3.05, 3.63) is 69.3 Å². The molecule has 2 N–H and O–H groups in total. The van der Waals surface area contributed by atoms with Crippen LogP contribution in [-0.4, -0.2) is 19.9 Å². The van der Waals surface area contributed by atoms with Crippen molar-refractivity contribution in [1.29, 1.82) is 0 Å². The predicted molar refractivity (Wildman–Crippen MR) is 155 cm³/mol. The first-order chi connectivity index (χ1) is 17.3. The average Bonchev–Trinajstić information content (AvgIpc) is 3.51. The largest absolute Gasteiger partial charge is 0.355 e. The first-order valence-corrected chi connectivity index (χ1v) is 13.4. The zero-order valence-corrected chi connectivity index (χ0v) is 24.4. The van der Waals surface area contributed by atoms with E-state index in [-0.39, 0.29) is 16.8 Å². The summed E-state index contributed by atoms with van der Waals surface area (Å²) >= 11 is 0. The van der Waals surface area contributed by atoms with Gasteiger partial charge in [-0.3, -0.25) is 0 Å². The Hall–Kier alpha value is -2.89. The van der Waals surface area contributed by atoms with Crippen LogP contribution in [0.15, 0.2) is 24.3 Å². The monoisotopic (exact) mass is 537 g/mol. The van der Waals surface area contributed by atoms with Crippen LogP contribution >= 0.6 is 0 Å². The molecule has 5 heteroatoms. The number of rotatable bonds is 4. The standard InChI is InChI=1S/C32H38N4.Co/c1-9-21-17(5)25-13-26-19(7)23(11-3)31(35-26)16-32-24(12-4)20(8)28(36-32)14-27-18(6)22(10-2)30(34-27)15-29(21)33-25;/h13-16,33,35H,9-12H2,1-8H3;. The van der Waals surface area contributed by atoms with Crippen LogP contribution in [0.2, 0.25) is 0 Å². The molecule has 0 atom stereocenters.